The fourth-order valence-corrected chi connectivity index (χ4v) is 6.09. The normalized spacial score (nSPS) is 21.6. The molecule has 1 fully saturated rings. The molecule has 3 aliphatic rings. The van der Waals surface area contributed by atoms with E-state index in [1.54, 1.807) is 21.3 Å². The summed E-state index contributed by atoms with van der Waals surface area (Å²) in [5.74, 6) is 0.970. The largest absolute Gasteiger partial charge is 0.496 e. The van der Waals surface area contributed by atoms with Gasteiger partial charge in [0, 0.05) is 29.0 Å². The maximum Gasteiger partial charge on any atom is 0.337 e. The predicted molar refractivity (Wildman–Crippen MR) is 143 cm³/mol. The molecular weight excluding hydrogens is 482 g/mol. The minimum absolute atomic E-state index is 0.00751. The molecule has 0 spiro atoms. The highest BCUT2D eigenvalue weighted by Gasteiger charge is 2.43. The molecule has 0 radical (unpaired) electrons. The third-order valence-electron chi connectivity index (χ3n) is 7.95. The molecule has 1 N–H and O–H groups in total. The van der Waals surface area contributed by atoms with E-state index in [1.165, 1.54) is 0 Å². The molecule has 7 nitrogen and oxygen atoms in total. The van der Waals surface area contributed by atoms with Crippen molar-refractivity contribution in [2.24, 2.45) is 0 Å². The summed E-state index contributed by atoms with van der Waals surface area (Å²) >= 11 is 0. The number of hydrogen-bond acceptors (Lipinski definition) is 7. The van der Waals surface area contributed by atoms with Crippen molar-refractivity contribution in [3.63, 3.8) is 0 Å². The highest BCUT2D eigenvalue weighted by atomic mass is 16.5. The molecule has 0 aromatic heterocycles. The first-order chi connectivity index (χ1) is 18.4. The number of hydrogen-bond donors (Lipinski definition) is 1. The number of allylic oxidation sites excluding steroid dienone is 3. The molecule has 0 unspecified atom stereocenters. The Hall–Kier alpha value is -3.74. The summed E-state index contributed by atoms with van der Waals surface area (Å²) in [4.78, 5) is 27.5. The summed E-state index contributed by atoms with van der Waals surface area (Å²) in [6.45, 7) is 1.89. The summed E-state index contributed by atoms with van der Waals surface area (Å²) in [5.41, 5.74) is 4.45. The molecule has 5 rings (SSSR count). The number of nitrogens with one attached hydrogen (secondary N) is 1. The molecule has 38 heavy (non-hydrogen) atoms. The van der Waals surface area contributed by atoms with E-state index >= 15 is 0 Å². The van der Waals surface area contributed by atoms with Gasteiger partial charge in [-0.15, -0.1) is 0 Å². The zero-order valence-electron chi connectivity index (χ0n) is 22.5. The van der Waals surface area contributed by atoms with E-state index in [1.807, 2.05) is 49.4 Å². The van der Waals surface area contributed by atoms with E-state index < -0.39 is 5.92 Å². The lowest BCUT2D eigenvalue weighted by molar-refractivity contribution is -0.144. The minimum Gasteiger partial charge on any atom is -0.496 e. The number of methoxy groups -OCH3 is 3. The van der Waals surface area contributed by atoms with Gasteiger partial charge in [0.25, 0.3) is 0 Å². The Labute approximate surface area is 223 Å². The number of Topliss-reactive ketones (excluding diaryl/α,β-unsaturated/α-hetero) is 1. The van der Waals surface area contributed by atoms with Crippen molar-refractivity contribution in [3.8, 4) is 17.2 Å². The Morgan fingerprint density at radius 1 is 0.895 bits per heavy atom. The molecular formula is C31H35NO6. The zero-order valence-corrected chi connectivity index (χ0v) is 22.5. The Kier molecular flexibility index (Phi) is 7.45. The van der Waals surface area contributed by atoms with Gasteiger partial charge in [-0.05, 0) is 68.7 Å². The van der Waals surface area contributed by atoms with Gasteiger partial charge >= 0.3 is 5.97 Å². The smallest absolute Gasteiger partial charge is 0.337 e. The molecule has 2 aliphatic carbocycles. The van der Waals surface area contributed by atoms with Crippen LogP contribution in [0.25, 0.3) is 0 Å². The van der Waals surface area contributed by atoms with E-state index in [0.717, 1.165) is 42.5 Å². The molecule has 2 aromatic carbocycles. The number of ketones is 1. The summed E-state index contributed by atoms with van der Waals surface area (Å²) in [6.07, 6.45) is 4.77. The first kappa shape index (κ1) is 25.9. The van der Waals surface area contributed by atoms with Gasteiger partial charge in [0.2, 0.25) is 0 Å². The topological polar surface area (TPSA) is 83.1 Å². The van der Waals surface area contributed by atoms with Gasteiger partial charge in [-0.3, -0.25) is 4.79 Å². The maximum absolute atomic E-state index is 13.9. The molecule has 0 amide bonds. The number of carbonyl (C=O) groups is 2. The van der Waals surface area contributed by atoms with Gasteiger partial charge in [0.05, 0.1) is 32.8 Å². The summed E-state index contributed by atoms with van der Waals surface area (Å²) < 4.78 is 22.5. The van der Waals surface area contributed by atoms with Gasteiger partial charge in [-0.25, -0.2) is 4.79 Å². The molecule has 7 heteroatoms. The van der Waals surface area contributed by atoms with Gasteiger partial charge < -0.3 is 24.3 Å². The lowest BCUT2D eigenvalue weighted by atomic mass is 9.71. The van der Waals surface area contributed by atoms with Gasteiger partial charge in [-0.1, -0.05) is 24.3 Å². The van der Waals surface area contributed by atoms with Crippen molar-refractivity contribution in [2.45, 2.75) is 63.4 Å². The average Bonchev–Trinajstić information content (AvgIpc) is 3.44. The van der Waals surface area contributed by atoms with Gasteiger partial charge in [-0.2, -0.15) is 0 Å². The number of esters is 1. The van der Waals surface area contributed by atoms with Crippen LogP contribution in [0, 0.1) is 0 Å². The molecule has 1 aliphatic heterocycles. The van der Waals surface area contributed by atoms with Crippen LogP contribution in [0.4, 0.5) is 0 Å². The van der Waals surface area contributed by atoms with Crippen LogP contribution < -0.4 is 19.5 Å². The van der Waals surface area contributed by atoms with Crippen LogP contribution in [-0.4, -0.2) is 39.2 Å². The van der Waals surface area contributed by atoms with Crippen LogP contribution in [0.5, 0.6) is 17.2 Å². The Morgan fingerprint density at radius 3 is 2.32 bits per heavy atom. The van der Waals surface area contributed by atoms with Crippen molar-refractivity contribution >= 4 is 11.8 Å². The van der Waals surface area contributed by atoms with Gasteiger partial charge in [0.15, 0.2) is 17.3 Å². The number of dihydropyridines is 1. The van der Waals surface area contributed by atoms with Crippen molar-refractivity contribution in [1.29, 1.82) is 0 Å². The van der Waals surface area contributed by atoms with E-state index in [2.05, 4.69) is 5.32 Å². The molecule has 1 saturated carbocycles. The van der Waals surface area contributed by atoms with Crippen LogP contribution >= 0.6 is 0 Å². The number of para-hydroxylation sites is 1. The number of rotatable bonds is 7. The standard InChI is InChI=1S/C31H35NO6/c1-18-28(31(34)38-21-9-5-6-10-21)29(22-11-7-8-12-25(22)35-2)30-23(32-18)15-20(16-24(30)33)19-13-14-26(36-3)27(17-19)37-4/h7-8,11-14,17,20-21,29,32H,5-6,9-10,15-16H2,1-4H3/t20-,29+/m1/s1. The van der Waals surface area contributed by atoms with Crippen molar-refractivity contribution < 1.29 is 28.5 Å². The third-order valence-corrected chi connectivity index (χ3v) is 7.95. The highest BCUT2D eigenvalue weighted by Crippen LogP contribution is 2.48. The third kappa shape index (κ3) is 4.77. The summed E-state index contributed by atoms with van der Waals surface area (Å²) in [7, 11) is 4.82. The first-order valence-electron chi connectivity index (χ1n) is 13.2. The van der Waals surface area contributed by atoms with Crippen molar-refractivity contribution in [1.82, 2.24) is 5.32 Å². The summed E-state index contributed by atoms with van der Waals surface area (Å²) in [6, 6.07) is 13.4. The minimum atomic E-state index is -0.560. The summed E-state index contributed by atoms with van der Waals surface area (Å²) in [5, 5.41) is 3.43. The lowest BCUT2D eigenvalue weighted by Crippen LogP contribution is -2.36. The van der Waals surface area contributed by atoms with Crippen LogP contribution in [0.3, 0.4) is 0 Å². The van der Waals surface area contributed by atoms with Crippen LogP contribution in [0.15, 0.2) is 65.0 Å². The van der Waals surface area contributed by atoms with Gasteiger partial charge in [0.1, 0.15) is 11.9 Å². The molecule has 1 heterocycles. The highest BCUT2D eigenvalue weighted by molar-refractivity contribution is 6.04. The van der Waals surface area contributed by atoms with E-state index in [0.29, 0.717) is 46.9 Å². The molecule has 2 atom stereocenters. The van der Waals surface area contributed by atoms with Crippen molar-refractivity contribution in [2.75, 3.05) is 21.3 Å². The Bertz CT molecular complexity index is 1300. The number of benzene rings is 2. The Morgan fingerprint density at radius 2 is 1.61 bits per heavy atom. The second kappa shape index (κ2) is 10.9. The predicted octanol–water partition coefficient (Wildman–Crippen LogP) is 5.56. The number of ether oxygens (including phenoxy) is 4. The quantitative estimate of drug-likeness (QED) is 0.482. The molecule has 200 valence electrons. The second-order valence-corrected chi connectivity index (χ2v) is 10.2. The fourth-order valence-electron chi connectivity index (χ4n) is 6.09. The monoisotopic (exact) mass is 517 g/mol. The molecule has 0 bridgehead atoms. The van der Waals surface area contributed by atoms with Crippen LogP contribution in [0.1, 0.15) is 68.4 Å². The average molecular weight is 518 g/mol. The second-order valence-electron chi connectivity index (χ2n) is 10.2. The lowest BCUT2D eigenvalue weighted by Gasteiger charge is -2.37. The Balaban J connectivity index is 1.55. The van der Waals surface area contributed by atoms with Crippen LogP contribution in [-0.2, 0) is 14.3 Å². The van der Waals surface area contributed by atoms with E-state index in [-0.39, 0.29) is 23.8 Å². The SMILES string of the molecule is COc1ccc([C@H]2CC(=O)C3=C(C2)NC(C)=C(C(=O)OC2CCCC2)[C@@H]3c2ccccc2OC)cc1OC. The molecule has 2 aromatic rings. The maximum atomic E-state index is 13.9. The van der Waals surface area contributed by atoms with E-state index in [4.69, 9.17) is 18.9 Å². The first-order valence-corrected chi connectivity index (χ1v) is 13.2. The fraction of sp³-hybridized carbons (Fsp3) is 0.419. The van der Waals surface area contributed by atoms with Crippen LogP contribution in [0.2, 0.25) is 0 Å². The zero-order chi connectivity index (χ0) is 26.8. The van der Waals surface area contributed by atoms with E-state index in [9.17, 15) is 9.59 Å². The van der Waals surface area contributed by atoms with Crippen molar-refractivity contribution in [3.05, 3.63) is 76.1 Å². The molecule has 0 saturated heterocycles. The number of carbonyl (C=O) groups excluding carboxylic acids is 2.